The maximum absolute atomic E-state index is 8.76. The number of nitrogens with one attached hydrogen (secondary N) is 1. The van der Waals surface area contributed by atoms with Gasteiger partial charge in [-0.15, -0.1) is 0 Å². The molecule has 0 amide bonds. The third-order valence-electron chi connectivity index (χ3n) is 1.73. The van der Waals surface area contributed by atoms with E-state index in [9.17, 15) is 0 Å². The van der Waals surface area contributed by atoms with Gasteiger partial charge in [-0.05, 0) is 13.8 Å². The number of anilines is 1. The first kappa shape index (κ1) is 9.59. The molecule has 1 rings (SSSR count). The van der Waals surface area contributed by atoms with Crippen molar-refractivity contribution < 1.29 is 0 Å². The predicted molar refractivity (Wildman–Crippen MR) is 51.1 cm³/mol. The highest BCUT2D eigenvalue weighted by atomic mass is 15.3. The summed E-state index contributed by atoms with van der Waals surface area (Å²) in [6, 6.07) is 4.10. The molecule has 1 N–H and O–H groups in total. The number of nitriles is 1. The van der Waals surface area contributed by atoms with E-state index in [4.69, 9.17) is 5.26 Å². The summed E-state index contributed by atoms with van der Waals surface area (Å²) >= 11 is 0. The van der Waals surface area contributed by atoms with Crippen molar-refractivity contribution in [3.05, 3.63) is 12.3 Å². The van der Waals surface area contributed by atoms with Crippen LogP contribution in [0.2, 0.25) is 0 Å². The third-order valence-corrected chi connectivity index (χ3v) is 1.73. The topological polar surface area (TPSA) is 53.6 Å². The maximum Gasteiger partial charge on any atom is 0.148 e. The Morgan fingerprint density at radius 3 is 2.85 bits per heavy atom. The van der Waals surface area contributed by atoms with Crippen LogP contribution in [0.5, 0.6) is 0 Å². The van der Waals surface area contributed by atoms with Crippen LogP contribution >= 0.6 is 0 Å². The summed E-state index contributed by atoms with van der Waals surface area (Å²) in [6.07, 6.45) is 1.86. The molecule has 1 aromatic heterocycles. The Morgan fingerprint density at radius 1 is 1.69 bits per heavy atom. The molecule has 0 fully saturated rings. The largest absolute Gasteiger partial charge is 0.367 e. The SMILES string of the molecule is Cn1ccc(NCC(C)(C)C#N)n1. The monoisotopic (exact) mass is 178 g/mol. The molecule has 4 heteroatoms. The van der Waals surface area contributed by atoms with E-state index in [1.807, 2.05) is 33.2 Å². The van der Waals surface area contributed by atoms with Crippen molar-refractivity contribution in [3.8, 4) is 6.07 Å². The van der Waals surface area contributed by atoms with Gasteiger partial charge in [0, 0.05) is 25.9 Å². The number of nitrogens with zero attached hydrogens (tertiary/aromatic N) is 3. The lowest BCUT2D eigenvalue weighted by Crippen LogP contribution is -2.21. The third kappa shape index (κ3) is 2.79. The molecule has 0 bridgehead atoms. The van der Waals surface area contributed by atoms with E-state index in [2.05, 4.69) is 16.5 Å². The first-order valence-electron chi connectivity index (χ1n) is 4.18. The summed E-state index contributed by atoms with van der Waals surface area (Å²) < 4.78 is 1.72. The zero-order valence-electron chi connectivity index (χ0n) is 8.20. The lowest BCUT2D eigenvalue weighted by atomic mass is 9.96. The van der Waals surface area contributed by atoms with Crippen LogP contribution < -0.4 is 5.32 Å². The van der Waals surface area contributed by atoms with Crippen molar-refractivity contribution in [2.45, 2.75) is 13.8 Å². The highest BCUT2D eigenvalue weighted by molar-refractivity contribution is 5.32. The molecule has 0 aromatic carbocycles. The average molecular weight is 178 g/mol. The Labute approximate surface area is 78.2 Å². The van der Waals surface area contributed by atoms with E-state index in [1.165, 1.54) is 0 Å². The van der Waals surface area contributed by atoms with Crippen molar-refractivity contribution in [2.24, 2.45) is 12.5 Å². The molecule has 4 nitrogen and oxygen atoms in total. The van der Waals surface area contributed by atoms with E-state index in [0.717, 1.165) is 5.82 Å². The Morgan fingerprint density at radius 2 is 2.38 bits per heavy atom. The fourth-order valence-electron chi connectivity index (χ4n) is 0.860. The Hall–Kier alpha value is -1.50. The molecule has 0 aliphatic rings. The highest BCUT2D eigenvalue weighted by Gasteiger charge is 2.16. The van der Waals surface area contributed by atoms with Crippen LogP contribution in [0.1, 0.15) is 13.8 Å². The zero-order valence-corrected chi connectivity index (χ0v) is 8.20. The predicted octanol–water partition coefficient (Wildman–Crippen LogP) is 1.38. The van der Waals surface area contributed by atoms with Gasteiger partial charge in [0.15, 0.2) is 0 Å². The van der Waals surface area contributed by atoms with Crippen molar-refractivity contribution >= 4 is 5.82 Å². The van der Waals surface area contributed by atoms with Gasteiger partial charge in [0.2, 0.25) is 0 Å². The molecule has 0 saturated heterocycles. The van der Waals surface area contributed by atoms with Gasteiger partial charge in [0.1, 0.15) is 5.82 Å². The fourth-order valence-corrected chi connectivity index (χ4v) is 0.860. The van der Waals surface area contributed by atoms with Gasteiger partial charge in [-0.2, -0.15) is 10.4 Å². The molecule has 13 heavy (non-hydrogen) atoms. The summed E-state index contributed by atoms with van der Waals surface area (Å²) in [7, 11) is 1.86. The van der Waals surface area contributed by atoms with Crippen molar-refractivity contribution in [3.63, 3.8) is 0 Å². The number of hydrogen-bond donors (Lipinski definition) is 1. The molecule has 0 aliphatic heterocycles. The minimum atomic E-state index is -0.350. The fraction of sp³-hybridized carbons (Fsp3) is 0.556. The second-order valence-electron chi connectivity index (χ2n) is 3.72. The smallest absolute Gasteiger partial charge is 0.148 e. The summed E-state index contributed by atoms with van der Waals surface area (Å²) in [4.78, 5) is 0. The molecule has 0 unspecified atom stereocenters. The molecule has 0 aliphatic carbocycles. The van der Waals surface area contributed by atoms with Crippen LogP contribution in [-0.4, -0.2) is 16.3 Å². The highest BCUT2D eigenvalue weighted by Crippen LogP contribution is 2.13. The van der Waals surface area contributed by atoms with Crippen LogP contribution in [0.15, 0.2) is 12.3 Å². The van der Waals surface area contributed by atoms with E-state index >= 15 is 0 Å². The summed E-state index contributed by atoms with van der Waals surface area (Å²) in [5, 5.41) is 16.0. The normalized spacial score (nSPS) is 10.9. The zero-order chi connectivity index (χ0) is 9.90. The second-order valence-corrected chi connectivity index (χ2v) is 3.72. The average Bonchev–Trinajstić information content (AvgIpc) is 2.48. The number of hydrogen-bond acceptors (Lipinski definition) is 3. The molecular weight excluding hydrogens is 164 g/mol. The van der Waals surface area contributed by atoms with Gasteiger partial charge in [-0.1, -0.05) is 0 Å². The van der Waals surface area contributed by atoms with Gasteiger partial charge >= 0.3 is 0 Å². The Balaban J connectivity index is 2.49. The molecule has 0 radical (unpaired) electrons. The molecule has 0 atom stereocenters. The molecule has 0 saturated carbocycles. The molecule has 1 heterocycles. The second kappa shape index (κ2) is 3.48. The number of rotatable bonds is 3. The van der Waals surface area contributed by atoms with Crippen molar-refractivity contribution in [2.75, 3.05) is 11.9 Å². The van der Waals surface area contributed by atoms with E-state index in [1.54, 1.807) is 4.68 Å². The van der Waals surface area contributed by atoms with E-state index in [0.29, 0.717) is 6.54 Å². The number of aryl methyl sites for hydroxylation is 1. The van der Waals surface area contributed by atoms with Gasteiger partial charge in [0.25, 0.3) is 0 Å². The van der Waals surface area contributed by atoms with Gasteiger partial charge in [-0.25, -0.2) is 0 Å². The number of aromatic nitrogens is 2. The molecule has 1 aromatic rings. The molecule has 70 valence electrons. The first-order valence-corrected chi connectivity index (χ1v) is 4.18. The van der Waals surface area contributed by atoms with Gasteiger partial charge in [-0.3, -0.25) is 4.68 Å². The standard InChI is InChI=1S/C9H14N4/c1-9(2,6-10)7-11-8-4-5-13(3)12-8/h4-5H,7H2,1-3H3,(H,11,12). The van der Waals surface area contributed by atoms with E-state index in [-0.39, 0.29) is 5.41 Å². The van der Waals surface area contributed by atoms with Crippen molar-refractivity contribution in [1.29, 1.82) is 5.26 Å². The minimum absolute atomic E-state index is 0.350. The summed E-state index contributed by atoms with van der Waals surface area (Å²) in [5.41, 5.74) is -0.350. The van der Waals surface area contributed by atoms with Crippen molar-refractivity contribution in [1.82, 2.24) is 9.78 Å². The Kier molecular flexibility index (Phi) is 2.57. The lowest BCUT2D eigenvalue weighted by Gasteiger charge is -2.14. The van der Waals surface area contributed by atoms with Gasteiger partial charge in [0.05, 0.1) is 11.5 Å². The van der Waals surface area contributed by atoms with Crippen LogP contribution in [0.3, 0.4) is 0 Å². The molecule has 0 spiro atoms. The van der Waals surface area contributed by atoms with Crippen LogP contribution in [0.4, 0.5) is 5.82 Å². The minimum Gasteiger partial charge on any atom is -0.367 e. The van der Waals surface area contributed by atoms with Crippen LogP contribution in [-0.2, 0) is 7.05 Å². The van der Waals surface area contributed by atoms with Crippen LogP contribution in [0.25, 0.3) is 0 Å². The lowest BCUT2D eigenvalue weighted by molar-refractivity contribution is 0.527. The summed E-state index contributed by atoms with van der Waals surface area (Å²) in [5.74, 6) is 0.811. The van der Waals surface area contributed by atoms with E-state index < -0.39 is 0 Å². The summed E-state index contributed by atoms with van der Waals surface area (Å²) in [6.45, 7) is 4.40. The van der Waals surface area contributed by atoms with Crippen LogP contribution in [0, 0.1) is 16.7 Å². The Bertz CT molecular complexity index is 319. The first-order chi connectivity index (χ1) is 6.03. The van der Waals surface area contributed by atoms with Gasteiger partial charge < -0.3 is 5.32 Å². The maximum atomic E-state index is 8.76. The quantitative estimate of drug-likeness (QED) is 0.760. The molecular formula is C9H14N4.